The van der Waals surface area contributed by atoms with Gasteiger partial charge in [-0.15, -0.1) is 11.3 Å². The molecule has 4 N–H and O–H groups in total. The van der Waals surface area contributed by atoms with Gasteiger partial charge >= 0.3 is 0 Å². The average molecular weight is 527 g/mol. The summed E-state index contributed by atoms with van der Waals surface area (Å²) in [4.78, 5) is 32.5. The van der Waals surface area contributed by atoms with E-state index in [0.29, 0.717) is 49.9 Å². The summed E-state index contributed by atoms with van der Waals surface area (Å²) in [5.74, 6) is 0.226. The van der Waals surface area contributed by atoms with Gasteiger partial charge in [0.1, 0.15) is 21.2 Å². The zero-order valence-electron chi connectivity index (χ0n) is 21.3. The zero-order valence-corrected chi connectivity index (χ0v) is 22.2. The molecule has 3 aromatic heterocycles. The molecule has 0 saturated heterocycles. The number of furan rings is 1. The van der Waals surface area contributed by atoms with Gasteiger partial charge in [0.25, 0.3) is 11.8 Å². The van der Waals surface area contributed by atoms with Crippen molar-refractivity contribution < 1.29 is 18.7 Å². The molecule has 0 aliphatic carbocycles. The smallest absolute Gasteiger partial charge is 0.268 e. The Bertz CT molecular complexity index is 1690. The van der Waals surface area contributed by atoms with E-state index >= 15 is 0 Å². The third-order valence-corrected chi connectivity index (χ3v) is 7.34. The fourth-order valence-electron chi connectivity index (χ4n) is 4.45. The minimum atomic E-state index is -0.403. The average Bonchev–Trinajstić information content (AvgIpc) is 3.53. The highest BCUT2D eigenvalue weighted by atomic mass is 32.1. The van der Waals surface area contributed by atoms with Crippen LogP contribution in [0.2, 0.25) is 0 Å². The summed E-state index contributed by atoms with van der Waals surface area (Å²) in [5, 5.41) is 6.36. The first-order valence-electron chi connectivity index (χ1n) is 11.9. The second kappa shape index (κ2) is 10.0. The highest BCUT2D eigenvalue weighted by molar-refractivity contribution is 7.21. The number of thiophene rings is 1. The Morgan fingerprint density at radius 1 is 0.974 bits per heavy atom. The van der Waals surface area contributed by atoms with E-state index in [2.05, 4.69) is 15.6 Å². The largest absolute Gasteiger partial charge is 0.495 e. The lowest BCUT2D eigenvalue weighted by molar-refractivity contribution is 0.102. The molecular formula is C29H26N4O4S. The molecule has 0 fully saturated rings. The SMILES string of the molecule is COc1ccccc1NC(=O)c1sc2nc(C)c(C(=O)Nc3ccc(C)cc3C)c(-c3ccco3)c2c1N. The standard InChI is InChI=1S/C29H26N4O4S/c1-15-11-12-18(16(2)14-15)32-27(34)22-17(3)31-29-24(23(22)21-10-7-13-37-21)25(30)26(38-29)28(35)33-19-8-5-6-9-20(19)36-4/h5-14H,30H2,1-4H3,(H,32,34)(H,33,35). The molecule has 0 saturated carbocycles. The highest BCUT2D eigenvalue weighted by Crippen LogP contribution is 2.43. The Labute approximate surface area is 223 Å². The van der Waals surface area contributed by atoms with Gasteiger partial charge < -0.3 is 25.5 Å². The second-order valence-corrected chi connectivity index (χ2v) is 9.88. The van der Waals surface area contributed by atoms with Crippen molar-refractivity contribution in [3.05, 3.63) is 88.1 Å². The maximum atomic E-state index is 13.7. The van der Waals surface area contributed by atoms with Crippen molar-refractivity contribution in [3.8, 4) is 17.1 Å². The summed E-state index contributed by atoms with van der Waals surface area (Å²) in [6, 6.07) is 16.4. The Balaban J connectivity index is 1.63. The quantitative estimate of drug-likeness (QED) is 0.230. The number of carbonyl (C=O) groups is 2. The van der Waals surface area contributed by atoms with E-state index in [1.807, 2.05) is 38.1 Å². The molecule has 9 heteroatoms. The van der Waals surface area contributed by atoms with Crippen LogP contribution in [0, 0.1) is 20.8 Å². The molecule has 2 amide bonds. The Kier molecular flexibility index (Phi) is 6.61. The van der Waals surface area contributed by atoms with Gasteiger partial charge in [-0.3, -0.25) is 9.59 Å². The van der Waals surface area contributed by atoms with Crippen molar-refractivity contribution in [2.75, 3.05) is 23.5 Å². The number of aromatic nitrogens is 1. The molecule has 0 aliphatic rings. The van der Waals surface area contributed by atoms with Crippen LogP contribution in [0.25, 0.3) is 21.5 Å². The predicted molar refractivity (Wildman–Crippen MR) is 151 cm³/mol. The predicted octanol–water partition coefficient (Wildman–Crippen LogP) is 6.58. The highest BCUT2D eigenvalue weighted by Gasteiger charge is 2.28. The number of nitrogens with one attached hydrogen (secondary N) is 2. The van der Waals surface area contributed by atoms with Crippen molar-refractivity contribution >= 4 is 50.4 Å². The molecule has 0 unspecified atom stereocenters. The minimum Gasteiger partial charge on any atom is -0.495 e. The molecular weight excluding hydrogens is 500 g/mol. The van der Waals surface area contributed by atoms with Gasteiger partial charge in [0, 0.05) is 16.6 Å². The summed E-state index contributed by atoms with van der Waals surface area (Å²) < 4.78 is 11.1. The number of para-hydroxylation sites is 2. The number of fused-ring (bicyclic) bond motifs is 1. The van der Waals surface area contributed by atoms with Gasteiger partial charge in [-0.25, -0.2) is 4.98 Å². The number of rotatable bonds is 6. The number of carbonyl (C=O) groups excluding carboxylic acids is 2. The van der Waals surface area contributed by atoms with E-state index in [4.69, 9.17) is 14.9 Å². The lowest BCUT2D eigenvalue weighted by atomic mass is 9.99. The van der Waals surface area contributed by atoms with Crippen molar-refractivity contribution in [1.82, 2.24) is 4.98 Å². The molecule has 5 rings (SSSR count). The van der Waals surface area contributed by atoms with Crippen molar-refractivity contribution in [2.45, 2.75) is 20.8 Å². The molecule has 0 spiro atoms. The van der Waals surface area contributed by atoms with E-state index in [1.54, 1.807) is 37.3 Å². The summed E-state index contributed by atoms with van der Waals surface area (Å²) >= 11 is 1.16. The number of anilines is 3. The first kappa shape index (κ1) is 25.0. The molecule has 0 aliphatic heterocycles. The van der Waals surface area contributed by atoms with Gasteiger partial charge in [0.2, 0.25) is 0 Å². The zero-order chi connectivity index (χ0) is 27.0. The van der Waals surface area contributed by atoms with Crippen LogP contribution >= 0.6 is 11.3 Å². The minimum absolute atomic E-state index is 0.219. The van der Waals surface area contributed by atoms with Crippen LogP contribution in [0.4, 0.5) is 17.1 Å². The van der Waals surface area contributed by atoms with E-state index in [9.17, 15) is 9.59 Å². The molecule has 3 heterocycles. The number of hydrogen-bond acceptors (Lipinski definition) is 7. The van der Waals surface area contributed by atoms with Crippen LogP contribution in [-0.2, 0) is 0 Å². The van der Waals surface area contributed by atoms with Crippen LogP contribution in [-0.4, -0.2) is 23.9 Å². The number of nitrogen functional groups attached to an aromatic ring is 1. The number of amides is 2. The summed E-state index contributed by atoms with van der Waals surface area (Å²) in [7, 11) is 1.53. The number of hydrogen-bond donors (Lipinski definition) is 3. The van der Waals surface area contributed by atoms with E-state index in [0.717, 1.165) is 22.5 Å². The number of ether oxygens (including phenoxy) is 1. The topological polar surface area (TPSA) is 119 Å². The molecule has 2 aromatic carbocycles. The third-order valence-electron chi connectivity index (χ3n) is 6.24. The van der Waals surface area contributed by atoms with Gasteiger partial charge in [-0.2, -0.15) is 0 Å². The van der Waals surface area contributed by atoms with Crippen molar-refractivity contribution in [3.63, 3.8) is 0 Å². The van der Waals surface area contributed by atoms with Crippen molar-refractivity contribution in [2.24, 2.45) is 0 Å². The number of benzene rings is 2. The van der Waals surface area contributed by atoms with Gasteiger partial charge in [0.15, 0.2) is 0 Å². The number of pyridine rings is 1. The molecule has 0 bridgehead atoms. The van der Waals surface area contributed by atoms with E-state index in [1.165, 1.54) is 13.4 Å². The lowest BCUT2D eigenvalue weighted by Gasteiger charge is -2.14. The Hall–Kier alpha value is -4.63. The van der Waals surface area contributed by atoms with Gasteiger partial charge in [-0.05, 0) is 56.7 Å². The number of nitrogens with zero attached hydrogens (tertiary/aromatic N) is 1. The number of aryl methyl sites for hydroxylation is 3. The maximum absolute atomic E-state index is 13.7. The van der Waals surface area contributed by atoms with Crippen LogP contribution in [0.1, 0.15) is 36.9 Å². The molecule has 192 valence electrons. The maximum Gasteiger partial charge on any atom is 0.268 e. The molecule has 8 nitrogen and oxygen atoms in total. The van der Waals surface area contributed by atoms with Gasteiger partial charge in [0.05, 0.1) is 36.0 Å². The number of nitrogens with two attached hydrogens (primary N) is 1. The summed E-state index contributed by atoms with van der Waals surface area (Å²) in [5.41, 5.74) is 11.4. The second-order valence-electron chi connectivity index (χ2n) is 8.88. The first-order valence-corrected chi connectivity index (χ1v) is 12.7. The normalized spacial score (nSPS) is 10.9. The summed E-state index contributed by atoms with van der Waals surface area (Å²) in [6.45, 7) is 5.69. The van der Waals surface area contributed by atoms with Crippen LogP contribution in [0.15, 0.2) is 65.3 Å². The molecule has 38 heavy (non-hydrogen) atoms. The monoisotopic (exact) mass is 526 g/mol. The Morgan fingerprint density at radius 2 is 1.74 bits per heavy atom. The molecule has 5 aromatic rings. The third kappa shape index (κ3) is 4.48. The Morgan fingerprint density at radius 3 is 2.45 bits per heavy atom. The van der Waals surface area contributed by atoms with E-state index in [-0.39, 0.29) is 16.5 Å². The summed E-state index contributed by atoms with van der Waals surface area (Å²) in [6.07, 6.45) is 1.53. The lowest BCUT2D eigenvalue weighted by Crippen LogP contribution is -2.16. The number of methoxy groups -OCH3 is 1. The molecule has 0 atom stereocenters. The molecule has 0 radical (unpaired) electrons. The van der Waals surface area contributed by atoms with E-state index < -0.39 is 5.91 Å². The van der Waals surface area contributed by atoms with Gasteiger partial charge in [-0.1, -0.05) is 29.8 Å². The first-order chi connectivity index (χ1) is 18.3. The van der Waals surface area contributed by atoms with Crippen LogP contribution < -0.4 is 21.1 Å². The van der Waals surface area contributed by atoms with Crippen LogP contribution in [0.3, 0.4) is 0 Å². The van der Waals surface area contributed by atoms with Crippen molar-refractivity contribution in [1.29, 1.82) is 0 Å². The van der Waals surface area contributed by atoms with Crippen LogP contribution in [0.5, 0.6) is 5.75 Å². The fourth-order valence-corrected chi connectivity index (χ4v) is 5.49. The fraction of sp³-hybridized carbons (Fsp3) is 0.138.